The van der Waals surface area contributed by atoms with Crippen LogP contribution in [0.2, 0.25) is 0 Å². The first-order chi connectivity index (χ1) is 9.81. The number of rotatable bonds is 4. The minimum Gasteiger partial charge on any atom is -0.381 e. The fraction of sp³-hybridized carbons (Fsp3) is 0.733. The van der Waals surface area contributed by atoms with Crippen LogP contribution in [0, 0.1) is 11.8 Å². The highest BCUT2D eigenvalue weighted by molar-refractivity contribution is 5.76. The molecule has 0 N–H and O–H groups in total. The van der Waals surface area contributed by atoms with Gasteiger partial charge >= 0.3 is 0 Å². The topological polar surface area (TPSA) is 47.4 Å². The minimum absolute atomic E-state index is 0.321. The molecule has 5 nitrogen and oxygen atoms in total. The van der Waals surface area contributed by atoms with Gasteiger partial charge in [0.1, 0.15) is 0 Å². The van der Waals surface area contributed by atoms with Crippen molar-refractivity contribution in [3.05, 3.63) is 18.7 Å². The van der Waals surface area contributed by atoms with Crippen LogP contribution in [-0.2, 0) is 16.1 Å². The van der Waals surface area contributed by atoms with Gasteiger partial charge in [0.05, 0.1) is 6.33 Å². The Kier molecular flexibility index (Phi) is 4.35. The molecule has 2 aliphatic heterocycles. The first kappa shape index (κ1) is 13.6. The third-order valence-electron chi connectivity index (χ3n) is 4.48. The Labute approximate surface area is 119 Å². The van der Waals surface area contributed by atoms with Gasteiger partial charge in [0.2, 0.25) is 5.91 Å². The van der Waals surface area contributed by atoms with Crippen LogP contribution in [0.3, 0.4) is 0 Å². The molecule has 0 unspecified atom stereocenters. The van der Waals surface area contributed by atoms with Crippen LogP contribution in [0.25, 0.3) is 0 Å². The van der Waals surface area contributed by atoms with E-state index in [-0.39, 0.29) is 0 Å². The third kappa shape index (κ3) is 3.39. The van der Waals surface area contributed by atoms with E-state index in [1.54, 1.807) is 0 Å². The highest BCUT2D eigenvalue weighted by Gasteiger charge is 2.26. The molecule has 0 aromatic carbocycles. The molecule has 3 heterocycles. The molecular formula is C15H23N3O2. The Balaban J connectivity index is 1.42. The predicted octanol–water partition coefficient (Wildman–Crippen LogP) is 1.55. The lowest BCUT2D eigenvalue weighted by atomic mass is 9.95. The van der Waals surface area contributed by atoms with E-state index in [0.29, 0.717) is 24.2 Å². The number of carbonyl (C=O) groups excluding carboxylic acids is 1. The monoisotopic (exact) mass is 277 g/mol. The van der Waals surface area contributed by atoms with Gasteiger partial charge in [0.25, 0.3) is 0 Å². The Morgan fingerprint density at radius 1 is 1.25 bits per heavy atom. The normalized spacial score (nSPS) is 24.2. The summed E-state index contributed by atoms with van der Waals surface area (Å²) in [6.07, 6.45) is 9.63. The van der Waals surface area contributed by atoms with Gasteiger partial charge in [-0.3, -0.25) is 4.79 Å². The van der Waals surface area contributed by atoms with Crippen LogP contribution in [0.15, 0.2) is 18.7 Å². The number of hydrogen-bond acceptors (Lipinski definition) is 3. The molecule has 1 atom stereocenters. The summed E-state index contributed by atoms with van der Waals surface area (Å²) in [6, 6.07) is 0. The van der Waals surface area contributed by atoms with Crippen molar-refractivity contribution in [1.29, 1.82) is 0 Å². The largest absolute Gasteiger partial charge is 0.381 e. The average molecular weight is 277 g/mol. The number of hydrogen-bond donors (Lipinski definition) is 0. The van der Waals surface area contributed by atoms with Gasteiger partial charge in [-0.1, -0.05) is 0 Å². The summed E-state index contributed by atoms with van der Waals surface area (Å²) in [5.41, 5.74) is 0. The first-order valence-corrected chi connectivity index (χ1v) is 7.62. The number of likely N-dealkylation sites (tertiary alicyclic amines) is 1. The molecule has 0 radical (unpaired) electrons. The van der Waals surface area contributed by atoms with E-state index >= 15 is 0 Å². The van der Waals surface area contributed by atoms with E-state index < -0.39 is 0 Å². The molecule has 20 heavy (non-hydrogen) atoms. The third-order valence-corrected chi connectivity index (χ3v) is 4.48. The molecule has 5 heteroatoms. The van der Waals surface area contributed by atoms with Gasteiger partial charge in [-0.25, -0.2) is 4.98 Å². The summed E-state index contributed by atoms with van der Waals surface area (Å²) in [6.45, 7) is 4.43. The summed E-state index contributed by atoms with van der Waals surface area (Å²) >= 11 is 0. The van der Waals surface area contributed by atoms with E-state index in [2.05, 4.69) is 9.55 Å². The maximum atomic E-state index is 12.2. The molecule has 1 aromatic rings. The number of nitrogens with zero attached hydrogens (tertiary/aromatic N) is 3. The Bertz CT molecular complexity index is 418. The molecule has 0 aliphatic carbocycles. The van der Waals surface area contributed by atoms with E-state index in [4.69, 9.17) is 4.74 Å². The molecule has 2 fully saturated rings. The van der Waals surface area contributed by atoms with Gasteiger partial charge in [0, 0.05) is 51.7 Å². The highest BCUT2D eigenvalue weighted by atomic mass is 16.5. The second kappa shape index (κ2) is 6.39. The van der Waals surface area contributed by atoms with E-state index in [9.17, 15) is 4.79 Å². The van der Waals surface area contributed by atoms with Crippen molar-refractivity contribution in [2.75, 3.05) is 26.3 Å². The molecule has 1 aromatic heterocycles. The number of amides is 1. The van der Waals surface area contributed by atoms with E-state index in [0.717, 1.165) is 52.1 Å². The second-order valence-electron chi connectivity index (χ2n) is 6.02. The maximum Gasteiger partial charge on any atom is 0.222 e. The van der Waals surface area contributed by atoms with Crippen LogP contribution in [0.1, 0.15) is 25.7 Å². The summed E-state index contributed by atoms with van der Waals surface area (Å²) in [7, 11) is 0. The lowest BCUT2D eigenvalue weighted by Gasteiger charge is -2.32. The van der Waals surface area contributed by atoms with Crippen LogP contribution in [0.4, 0.5) is 0 Å². The Hall–Kier alpha value is -1.36. The number of imidazole rings is 1. The zero-order chi connectivity index (χ0) is 13.8. The lowest BCUT2D eigenvalue weighted by Crippen LogP contribution is -2.40. The molecule has 0 spiro atoms. The predicted molar refractivity (Wildman–Crippen MR) is 75.1 cm³/mol. The summed E-state index contributed by atoms with van der Waals surface area (Å²) < 4.78 is 7.48. The maximum absolute atomic E-state index is 12.2. The minimum atomic E-state index is 0.321. The molecule has 3 rings (SSSR count). The van der Waals surface area contributed by atoms with Crippen molar-refractivity contribution in [3.8, 4) is 0 Å². The van der Waals surface area contributed by atoms with E-state index in [1.807, 2.05) is 23.6 Å². The van der Waals surface area contributed by atoms with Crippen molar-refractivity contribution < 1.29 is 9.53 Å². The van der Waals surface area contributed by atoms with E-state index in [1.165, 1.54) is 0 Å². The van der Waals surface area contributed by atoms with Gasteiger partial charge < -0.3 is 14.2 Å². The molecule has 2 saturated heterocycles. The summed E-state index contributed by atoms with van der Waals surface area (Å²) in [5.74, 6) is 1.44. The van der Waals surface area contributed by atoms with Crippen LogP contribution >= 0.6 is 0 Å². The highest BCUT2D eigenvalue weighted by Crippen LogP contribution is 2.22. The van der Waals surface area contributed by atoms with Crippen molar-refractivity contribution in [2.24, 2.45) is 11.8 Å². The summed E-state index contributed by atoms with van der Waals surface area (Å²) in [5, 5.41) is 0. The van der Waals surface area contributed by atoms with Crippen molar-refractivity contribution >= 4 is 5.91 Å². The number of ether oxygens (including phenoxy) is 1. The van der Waals surface area contributed by atoms with Crippen molar-refractivity contribution in [3.63, 3.8) is 0 Å². The van der Waals surface area contributed by atoms with Crippen LogP contribution in [-0.4, -0.2) is 46.7 Å². The lowest BCUT2D eigenvalue weighted by molar-refractivity contribution is -0.133. The summed E-state index contributed by atoms with van der Waals surface area (Å²) in [4.78, 5) is 18.4. The van der Waals surface area contributed by atoms with Gasteiger partial charge in [0.15, 0.2) is 0 Å². The zero-order valence-electron chi connectivity index (χ0n) is 11.9. The first-order valence-electron chi connectivity index (χ1n) is 7.62. The molecular weight excluding hydrogens is 254 g/mol. The molecule has 0 bridgehead atoms. The smallest absolute Gasteiger partial charge is 0.222 e. The molecule has 1 amide bonds. The number of piperidine rings is 1. The Morgan fingerprint density at radius 3 is 2.75 bits per heavy atom. The van der Waals surface area contributed by atoms with Crippen LogP contribution < -0.4 is 0 Å². The average Bonchev–Trinajstić information content (AvgIpc) is 3.13. The van der Waals surface area contributed by atoms with Gasteiger partial charge in [-0.2, -0.15) is 0 Å². The quantitative estimate of drug-likeness (QED) is 0.839. The fourth-order valence-corrected chi connectivity index (χ4v) is 3.18. The van der Waals surface area contributed by atoms with Gasteiger partial charge in [-0.05, 0) is 31.1 Å². The fourth-order valence-electron chi connectivity index (χ4n) is 3.18. The molecule has 2 aliphatic rings. The molecule has 0 saturated carbocycles. The van der Waals surface area contributed by atoms with Crippen molar-refractivity contribution in [1.82, 2.24) is 14.5 Å². The van der Waals surface area contributed by atoms with Crippen LogP contribution in [0.5, 0.6) is 0 Å². The Morgan fingerprint density at radius 2 is 2.10 bits per heavy atom. The standard InChI is InChI=1S/C15H23N3O2/c19-15(9-14-3-8-20-11-14)18-5-1-13(2-6-18)10-17-7-4-16-12-17/h4,7,12-14H,1-3,5-6,8-11H2/t14-/m1/s1. The van der Waals surface area contributed by atoms with Crippen molar-refractivity contribution in [2.45, 2.75) is 32.2 Å². The number of aromatic nitrogens is 2. The molecule has 110 valence electrons. The van der Waals surface area contributed by atoms with Gasteiger partial charge in [-0.15, -0.1) is 0 Å². The number of carbonyl (C=O) groups is 1. The SMILES string of the molecule is O=C(C[C@H]1CCOC1)N1CCC(Cn2ccnc2)CC1. The zero-order valence-corrected chi connectivity index (χ0v) is 11.9. The second-order valence-corrected chi connectivity index (χ2v) is 6.02.